The van der Waals surface area contributed by atoms with E-state index < -0.39 is 5.97 Å². The van der Waals surface area contributed by atoms with Gasteiger partial charge in [-0.1, -0.05) is 6.92 Å². The largest absolute Gasteiger partial charge is 0.481 e. The molecule has 82 valence electrons. The zero-order valence-electron chi connectivity index (χ0n) is 8.81. The molecule has 0 bridgehead atoms. The summed E-state index contributed by atoms with van der Waals surface area (Å²) in [5.41, 5.74) is 0. The van der Waals surface area contributed by atoms with Gasteiger partial charge in [0, 0.05) is 12.6 Å². The number of rotatable bonds is 3. The molecule has 0 aliphatic carbocycles. The molecule has 0 spiro atoms. The standard InChI is InChI=1S/C10H19NO3/c1-7-5-11(8(2)6-12)4-3-9(7)10(13)14/h7-9,12H,3-6H2,1-2H3,(H,13,14). The summed E-state index contributed by atoms with van der Waals surface area (Å²) in [6.07, 6.45) is 0.695. The number of hydrogen-bond acceptors (Lipinski definition) is 3. The van der Waals surface area contributed by atoms with E-state index in [9.17, 15) is 4.79 Å². The quantitative estimate of drug-likeness (QED) is 0.694. The molecule has 14 heavy (non-hydrogen) atoms. The molecular weight excluding hydrogens is 182 g/mol. The second-order valence-electron chi connectivity index (χ2n) is 4.24. The van der Waals surface area contributed by atoms with E-state index in [-0.39, 0.29) is 24.5 Å². The molecule has 0 aromatic carbocycles. The highest BCUT2D eigenvalue weighted by Crippen LogP contribution is 2.24. The minimum Gasteiger partial charge on any atom is -0.481 e. The summed E-state index contributed by atoms with van der Waals surface area (Å²) in [6.45, 7) is 5.63. The Morgan fingerprint density at radius 2 is 2.29 bits per heavy atom. The number of likely N-dealkylation sites (tertiary alicyclic amines) is 1. The molecule has 2 N–H and O–H groups in total. The maximum atomic E-state index is 10.8. The average molecular weight is 201 g/mol. The fourth-order valence-electron chi connectivity index (χ4n) is 2.06. The Balaban J connectivity index is 2.50. The van der Waals surface area contributed by atoms with Crippen LogP contribution in [0.15, 0.2) is 0 Å². The monoisotopic (exact) mass is 201 g/mol. The number of aliphatic carboxylic acids is 1. The van der Waals surface area contributed by atoms with Gasteiger partial charge in [-0.05, 0) is 25.8 Å². The Morgan fingerprint density at radius 1 is 1.64 bits per heavy atom. The van der Waals surface area contributed by atoms with E-state index >= 15 is 0 Å². The molecule has 0 amide bonds. The van der Waals surface area contributed by atoms with E-state index in [4.69, 9.17) is 10.2 Å². The van der Waals surface area contributed by atoms with Gasteiger partial charge in [-0.15, -0.1) is 0 Å². The van der Waals surface area contributed by atoms with Crippen LogP contribution in [-0.2, 0) is 4.79 Å². The Labute approximate surface area is 84.5 Å². The van der Waals surface area contributed by atoms with Gasteiger partial charge in [0.05, 0.1) is 12.5 Å². The van der Waals surface area contributed by atoms with Crippen LogP contribution in [0.5, 0.6) is 0 Å². The third kappa shape index (κ3) is 2.45. The van der Waals surface area contributed by atoms with Crippen LogP contribution < -0.4 is 0 Å². The normalized spacial score (nSPS) is 31.4. The van der Waals surface area contributed by atoms with Crippen molar-refractivity contribution in [3.8, 4) is 0 Å². The Hall–Kier alpha value is -0.610. The van der Waals surface area contributed by atoms with Crippen molar-refractivity contribution in [1.29, 1.82) is 0 Å². The summed E-state index contributed by atoms with van der Waals surface area (Å²) in [5.74, 6) is -0.721. The number of hydrogen-bond donors (Lipinski definition) is 2. The lowest BCUT2D eigenvalue weighted by molar-refractivity contribution is -0.145. The molecule has 4 heteroatoms. The molecule has 1 fully saturated rings. The third-order valence-corrected chi connectivity index (χ3v) is 3.14. The van der Waals surface area contributed by atoms with Crippen molar-refractivity contribution in [3.63, 3.8) is 0 Å². The molecule has 3 unspecified atom stereocenters. The van der Waals surface area contributed by atoms with Crippen molar-refractivity contribution < 1.29 is 15.0 Å². The van der Waals surface area contributed by atoms with Gasteiger partial charge in [0.15, 0.2) is 0 Å². The minimum absolute atomic E-state index is 0.143. The van der Waals surface area contributed by atoms with E-state index in [1.807, 2.05) is 13.8 Å². The first-order chi connectivity index (χ1) is 6.56. The maximum absolute atomic E-state index is 10.8. The second kappa shape index (κ2) is 4.75. The number of aliphatic hydroxyl groups excluding tert-OH is 1. The Bertz CT molecular complexity index is 208. The number of carbonyl (C=O) groups is 1. The molecular formula is C10H19NO3. The van der Waals surface area contributed by atoms with Crippen LogP contribution in [0.1, 0.15) is 20.3 Å². The summed E-state index contributed by atoms with van der Waals surface area (Å²) < 4.78 is 0. The lowest BCUT2D eigenvalue weighted by Gasteiger charge is -2.37. The van der Waals surface area contributed by atoms with Gasteiger partial charge in [-0.2, -0.15) is 0 Å². The molecule has 0 radical (unpaired) electrons. The number of nitrogens with zero attached hydrogens (tertiary/aromatic N) is 1. The van der Waals surface area contributed by atoms with Crippen molar-refractivity contribution in [1.82, 2.24) is 4.90 Å². The predicted molar refractivity (Wildman–Crippen MR) is 53.0 cm³/mol. The minimum atomic E-state index is -0.686. The van der Waals surface area contributed by atoms with E-state index in [2.05, 4.69) is 4.90 Å². The van der Waals surface area contributed by atoms with Crippen LogP contribution >= 0.6 is 0 Å². The highest BCUT2D eigenvalue weighted by Gasteiger charge is 2.32. The summed E-state index contributed by atoms with van der Waals surface area (Å²) >= 11 is 0. The van der Waals surface area contributed by atoms with Gasteiger partial charge in [-0.3, -0.25) is 9.69 Å². The van der Waals surface area contributed by atoms with Crippen molar-refractivity contribution in [2.24, 2.45) is 11.8 Å². The molecule has 1 aliphatic rings. The van der Waals surface area contributed by atoms with E-state index in [0.29, 0.717) is 6.42 Å². The summed E-state index contributed by atoms with van der Waals surface area (Å²) in [6, 6.07) is 0.146. The van der Waals surface area contributed by atoms with Crippen LogP contribution in [0, 0.1) is 11.8 Å². The van der Waals surface area contributed by atoms with Gasteiger partial charge in [-0.25, -0.2) is 0 Å². The highest BCUT2D eigenvalue weighted by molar-refractivity contribution is 5.70. The first-order valence-electron chi connectivity index (χ1n) is 5.14. The number of carboxylic acids is 1. The molecule has 1 heterocycles. The smallest absolute Gasteiger partial charge is 0.306 e. The second-order valence-corrected chi connectivity index (χ2v) is 4.24. The summed E-state index contributed by atoms with van der Waals surface area (Å²) in [7, 11) is 0. The maximum Gasteiger partial charge on any atom is 0.306 e. The molecule has 0 aromatic heterocycles. The third-order valence-electron chi connectivity index (χ3n) is 3.14. The van der Waals surface area contributed by atoms with Crippen molar-refractivity contribution in [3.05, 3.63) is 0 Å². The molecule has 3 atom stereocenters. The van der Waals surface area contributed by atoms with Crippen LogP contribution in [0.2, 0.25) is 0 Å². The van der Waals surface area contributed by atoms with Crippen molar-refractivity contribution >= 4 is 5.97 Å². The van der Waals surface area contributed by atoms with Crippen LogP contribution in [-0.4, -0.2) is 46.8 Å². The van der Waals surface area contributed by atoms with Gasteiger partial charge in [0.25, 0.3) is 0 Å². The summed E-state index contributed by atoms with van der Waals surface area (Å²) in [4.78, 5) is 13.0. The van der Waals surface area contributed by atoms with Gasteiger partial charge in [0.2, 0.25) is 0 Å². The fraction of sp³-hybridized carbons (Fsp3) is 0.900. The van der Waals surface area contributed by atoms with E-state index in [1.165, 1.54) is 0 Å². The topological polar surface area (TPSA) is 60.8 Å². The molecule has 1 saturated heterocycles. The first-order valence-corrected chi connectivity index (χ1v) is 5.14. The first kappa shape index (κ1) is 11.5. The molecule has 1 aliphatic heterocycles. The number of carboxylic acid groups (broad SMARTS) is 1. The van der Waals surface area contributed by atoms with Crippen LogP contribution in [0.25, 0.3) is 0 Å². The van der Waals surface area contributed by atoms with Crippen molar-refractivity contribution in [2.75, 3.05) is 19.7 Å². The van der Waals surface area contributed by atoms with Crippen molar-refractivity contribution in [2.45, 2.75) is 26.3 Å². The predicted octanol–water partition coefficient (Wildman–Crippen LogP) is 0.410. The van der Waals surface area contributed by atoms with E-state index in [1.54, 1.807) is 0 Å². The summed E-state index contributed by atoms with van der Waals surface area (Å²) in [5, 5.41) is 17.9. The Morgan fingerprint density at radius 3 is 2.71 bits per heavy atom. The zero-order chi connectivity index (χ0) is 10.7. The molecule has 4 nitrogen and oxygen atoms in total. The SMILES string of the molecule is CC1CN(C(C)CO)CCC1C(=O)O. The molecule has 0 saturated carbocycles. The lowest BCUT2D eigenvalue weighted by Crippen LogP contribution is -2.47. The van der Waals surface area contributed by atoms with Crippen LogP contribution in [0.4, 0.5) is 0 Å². The van der Waals surface area contributed by atoms with E-state index in [0.717, 1.165) is 13.1 Å². The lowest BCUT2D eigenvalue weighted by atomic mass is 9.86. The molecule has 1 rings (SSSR count). The fourth-order valence-corrected chi connectivity index (χ4v) is 2.06. The van der Waals surface area contributed by atoms with Gasteiger partial charge in [0.1, 0.15) is 0 Å². The molecule has 0 aromatic rings. The van der Waals surface area contributed by atoms with Gasteiger partial charge < -0.3 is 10.2 Å². The van der Waals surface area contributed by atoms with Gasteiger partial charge >= 0.3 is 5.97 Å². The van der Waals surface area contributed by atoms with Crippen LogP contribution in [0.3, 0.4) is 0 Å². The highest BCUT2D eigenvalue weighted by atomic mass is 16.4. The number of aliphatic hydroxyl groups is 1. The Kier molecular flexibility index (Phi) is 3.89. The number of piperidine rings is 1. The average Bonchev–Trinajstić information content (AvgIpc) is 2.15. The zero-order valence-corrected chi connectivity index (χ0v) is 8.81.